The first-order valence-electron chi connectivity index (χ1n) is 5.24. The van der Waals surface area contributed by atoms with Gasteiger partial charge in [0.05, 0.1) is 6.61 Å². The Labute approximate surface area is 105 Å². The first-order valence-corrected chi connectivity index (χ1v) is 6.12. The largest absolute Gasteiger partial charge is 0.386 e. The van der Waals surface area contributed by atoms with E-state index in [0.717, 1.165) is 4.88 Å². The number of carbonyl (C=O) groups excluding carboxylic acids is 1. The molecule has 0 fully saturated rings. The number of amides is 1. The second-order valence-corrected chi connectivity index (χ2v) is 4.98. The van der Waals surface area contributed by atoms with Crippen molar-refractivity contribution in [3.8, 4) is 0 Å². The maximum absolute atomic E-state index is 11.4. The average molecular weight is 255 g/mol. The van der Waals surface area contributed by atoms with Crippen molar-refractivity contribution in [2.75, 3.05) is 20.3 Å². The van der Waals surface area contributed by atoms with Crippen LogP contribution in [0.5, 0.6) is 0 Å². The molecule has 0 bridgehead atoms. The van der Waals surface area contributed by atoms with E-state index in [1.165, 1.54) is 13.2 Å². The van der Waals surface area contributed by atoms with Crippen LogP contribution in [0.3, 0.4) is 0 Å². The summed E-state index contributed by atoms with van der Waals surface area (Å²) in [6, 6.07) is 3.85. The highest BCUT2D eigenvalue weighted by Gasteiger charge is 2.20. The molecular formula is C12H17NO3S. The predicted molar refractivity (Wildman–Crippen MR) is 68.9 cm³/mol. The Morgan fingerprint density at radius 3 is 3.06 bits per heavy atom. The lowest BCUT2D eigenvalue weighted by Gasteiger charge is -2.21. The zero-order valence-corrected chi connectivity index (χ0v) is 10.8. The van der Waals surface area contributed by atoms with Gasteiger partial charge < -0.3 is 15.2 Å². The molecule has 1 aromatic heterocycles. The van der Waals surface area contributed by atoms with Crippen LogP contribution in [0.4, 0.5) is 0 Å². The summed E-state index contributed by atoms with van der Waals surface area (Å²) in [6.45, 7) is 1.95. The number of methoxy groups -OCH3 is 1. The number of rotatable bonds is 6. The van der Waals surface area contributed by atoms with E-state index >= 15 is 0 Å². The van der Waals surface area contributed by atoms with Gasteiger partial charge in [-0.3, -0.25) is 4.79 Å². The van der Waals surface area contributed by atoms with Crippen molar-refractivity contribution < 1.29 is 14.6 Å². The van der Waals surface area contributed by atoms with Crippen molar-refractivity contribution in [2.45, 2.75) is 12.5 Å². The standard InChI is InChI=1S/C12H17NO3S/c1-12(15,9-16-2)8-13-11(14)6-5-10-4-3-7-17-10/h3-7,15H,8-9H2,1-2H3,(H,13,14)/b6-5+. The van der Waals surface area contributed by atoms with Gasteiger partial charge >= 0.3 is 0 Å². The van der Waals surface area contributed by atoms with Crippen LogP contribution in [0.25, 0.3) is 6.08 Å². The first kappa shape index (κ1) is 13.9. The van der Waals surface area contributed by atoms with E-state index in [-0.39, 0.29) is 19.1 Å². The van der Waals surface area contributed by atoms with Gasteiger partial charge in [-0.2, -0.15) is 0 Å². The monoisotopic (exact) mass is 255 g/mol. The Bertz CT molecular complexity index is 371. The summed E-state index contributed by atoms with van der Waals surface area (Å²) >= 11 is 1.56. The van der Waals surface area contributed by atoms with Crippen molar-refractivity contribution in [1.29, 1.82) is 0 Å². The van der Waals surface area contributed by atoms with E-state index < -0.39 is 5.60 Å². The van der Waals surface area contributed by atoms with Crippen LogP contribution in [0, 0.1) is 0 Å². The topological polar surface area (TPSA) is 58.6 Å². The van der Waals surface area contributed by atoms with E-state index in [0.29, 0.717) is 0 Å². The van der Waals surface area contributed by atoms with Gasteiger partial charge in [-0.25, -0.2) is 0 Å². The Morgan fingerprint density at radius 2 is 2.47 bits per heavy atom. The van der Waals surface area contributed by atoms with Crippen LogP contribution in [-0.4, -0.2) is 36.9 Å². The van der Waals surface area contributed by atoms with Crippen LogP contribution < -0.4 is 5.32 Å². The van der Waals surface area contributed by atoms with Gasteiger partial charge in [-0.1, -0.05) is 6.07 Å². The normalized spacial score (nSPS) is 14.8. The van der Waals surface area contributed by atoms with Gasteiger partial charge in [0, 0.05) is 24.6 Å². The lowest BCUT2D eigenvalue weighted by molar-refractivity contribution is -0.118. The van der Waals surface area contributed by atoms with Crippen LogP contribution in [0.1, 0.15) is 11.8 Å². The fourth-order valence-corrected chi connectivity index (χ4v) is 1.86. The van der Waals surface area contributed by atoms with E-state index in [4.69, 9.17) is 4.74 Å². The third kappa shape index (κ3) is 5.63. The maximum atomic E-state index is 11.4. The fraction of sp³-hybridized carbons (Fsp3) is 0.417. The number of ether oxygens (including phenoxy) is 1. The quantitative estimate of drug-likeness (QED) is 0.753. The third-order valence-corrected chi connectivity index (χ3v) is 2.88. The molecule has 0 aliphatic rings. The van der Waals surface area contributed by atoms with Crippen LogP contribution in [-0.2, 0) is 9.53 Å². The summed E-state index contributed by atoms with van der Waals surface area (Å²) < 4.78 is 4.84. The highest BCUT2D eigenvalue weighted by Crippen LogP contribution is 2.09. The van der Waals surface area contributed by atoms with Crippen molar-refractivity contribution >= 4 is 23.3 Å². The van der Waals surface area contributed by atoms with E-state index in [9.17, 15) is 9.90 Å². The zero-order valence-electron chi connectivity index (χ0n) is 9.97. The highest BCUT2D eigenvalue weighted by atomic mass is 32.1. The van der Waals surface area contributed by atoms with Crippen LogP contribution in [0.2, 0.25) is 0 Å². The molecule has 0 aromatic carbocycles. The summed E-state index contributed by atoms with van der Waals surface area (Å²) in [5, 5.41) is 14.3. The van der Waals surface area contributed by atoms with E-state index in [2.05, 4.69) is 5.32 Å². The minimum atomic E-state index is -1.04. The zero-order chi connectivity index (χ0) is 12.7. The Morgan fingerprint density at radius 1 is 1.71 bits per heavy atom. The molecule has 1 amide bonds. The summed E-state index contributed by atoms with van der Waals surface area (Å²) in [5.74, 6) is -0.227. The Kier molecular flexibility index (Phi) is 5.34. The number of hydrogen-bond acceptors (Lipinski definition) is 4. The molecule has 0 aliphatic carbocycles. The molecule has 0 saturated heterocycles. The molecule has 0 spiro atoms. The molecule has 4 nitrogen and oxygen atoms in total. The maximum Gasteiger partial charge on any atom is 0.244 e. The minimum Gasteiger partial charge on any atom is -0.386 e. The summed E-state index contributed by atoms with van der Waals surface area (Å²) in [5.41, 5.74) is -1.04. The lowest BCUT2D eigenvalue weighted by Crippen LogP contribution is -2.43. The number of aliphatic hydroxyl groups is 1. The lowest BCUT2D eigenvalue weighted by atomic mass is 10.1. The fourth-order valence-electron chi connectivity index (χ4n) is 1.24. The number of carbonyl (C=O) groups is 1. The van der Waals surface area contributed by atoms with Crippen molar-refractivity contribution in [2.24, 2.45) is 0 Å². The molecule has 2 N–H and O–H groups in total. The summed E-state index contributed by atoms with van der Waals surface area (Å²) in [7, 11) is 1.51. The molecule has 1 aromatic rings. The summed E-state index contributed by atoms with van der Waals surface area (Å²) in [4.78, 5) is 12.5. The second kappa shape index (κ2) is 6.54. The molecule has 0 radical (unpaired) electrons. The predicted octanol–water partition coefficient (Wildman–Crippen LogP) is 1.27. The molecule has 94 valence electrons. The van der Waals surface area contributed by atoms with Crippen LogP contribution >= 0.6 is 11.3 Å². The second-order valence-electron chi connectivity index (χ2n) is 4.00. The van der Waals surface area contributed by atoms with Gasteiger partial charge in [0.25, 0.3) is 0 Å². The SMILES string of the molecule is COCC(C)(O)CNC(=O)/C=C/c1cccs1. The van der Waals surface area contributed by atoms with Crippen molar-refractivity contribution in [3.63, 3.8) is 0 Å². The van der Waals surface area contributed by atoms with Gasteiger partial charge in [0.1, 0.15) is 5.60 Å². The molecule has 5 heteroatoms. The molecular weight excluding hydrogens is 238 g/mol. The third-order valence-electron chi connectivity index (χ3n) is 2.04. The van der Waals surface area contributed by atoms with Crippen LogP contribution in [0.15, 0.2) is 23.6 Å². The number of thiophene rings is 1. The minimum absolute atomic E-state index is 0.161. The van der Waals surface area contributed by atoms with Crippen molar-refractivity contribution in [3.05, 3.63) is 28.5 Å². The smallest absolute Gasteiger partial charge is 0.244 e. The average Bonchev–Trinajstić information content (AvgIpc) is 2.76. The summed E-state index contributed by atoms with van der Waals surface area (Å²) in [6.07, 6.45) is 3.19. The molecule has 0 aliphatic heterocycles. The Hall–Kier alpha value is -1.17. The molecule has 1 atom stereocenters. The van der Waals surface area contributed by atoms with Gasteiger partial charge in [-0.15, -0.1) is 11.3 Å². The molecule has 1 unspecified atom stereocenters. The van der Waals surface area contributed by atoms with Crippen molar-refractivity contribution in [1.82, 2.24) is 5.32 Å². The highest BCUT2D eigenvalue weighted by molar-refractivity contribution is 7.10. The van der Waals surface area contributed by atoms with E-state index in [1.54, 1.807) is 24.3 Å². The number of nitrogens with one attached hydrogen (secondary N) is 1. The van der Waals surface area contributed by atoms with E-state index in [1.807, 2.05) is 17.5 Å². The molecule has 1 rings (SSSR count). The van der Waals surface area contributed by atoms with Gasteiger partial charge in [0.2, 0.25) is 5.91 Å². The molecule has 0 saturated carbocycles. The van der Waals surface area contributed by atoms with Gasteiger partial charge in [0.15, 0.2) is 0 Å². The first-order chi connectivity index (χ1) is 8.03. The molecule has 1 heterocycles. The Balaban J connectivity index is 2.35. The van der Waals surface area contributed by atoms with Gasteiger partial charge in [-0.05, 0) is 24.4 Å². The number of hydrogen-bond donors (Lipinski definition) is 2. The molecule has 17 heavy (non-hydrogen) atoms.